The van der Waals surface area contributed by atoms with Gasteiger partial charge in [-0.25, -0.2) is 9.78 Å². The second-order valence-corrected chi connectivity index (χ2v) is 1.99. The highest BCUT2D eigenvalue weighted by Gasteiger charge is 2.10. The van der Waals surface area contributed by atoms with Gasteiger partial charge in [0.2, 0.25) is 0 Å². The Morgan fingerprint density at radius 2 is 2.17 bits per heavy atom. The Balaban J connectivity index is 3.27. The third kappa shape index (κ3) is 1.39. The summed E-state index contributed by atoms with van der Waals surface area (Å²) >= 11 is 0. The lowest BCUT2D eigenvalue weighted by Crippen LogP contribution is -2.25. The van der Waals surface area contributed by atoms with Gasteiger partial charge in [-0.15, -0.1) is 0 Å². The van der Waals surface area contributed by atoms with E-state index in [1.54, 1.807) is 0 Å². The smallest absolute Gasteiger partial charge is 0.355 e. The minimum atomic E-state index is -1.54. The van der Waals surface area contributed by atoms with Crippen molar-refractivity contribution in [3.8, 4) is 0 Å². The maximum atomic E-state index is 10.4. The fourth-order valence-electron chi connectivity index (χ4n) is 0.740. The minimum Gasteiger partial charge on any atom is -0.545 e. The molecule has 0 spiro atoms. The van der Waals surface area contributed by atoms with Crippen LogP contribution < -0.4 is 5.11 Å². The number of carboxylic acid groups (broad SMARTS) is 2. The summed E-state index contributed by atoms with van der Waals surface area (Å²) in [6.45, 7) is 0. The van der Waals surface area contributed by atoms with Crippen molar-refractivity contribution in [3.05, 3.63) is 29.6 Å². The van der Waals surface area contributed by atoms with E-state index in [0.717, 1.165) is 6.07 Å². The number of nitrogens with zero attached hydrogens (tertiary/aromatic N) is 1. The molecule has 1 N–H and O–H groups in total. The van der Waals surface area contributed by atoms with E-state index in [1.165, 1.54) is 12.3 Å². The van der Waals surface area contributed by atoms with Gasteiger partial charge in [-0.2, -0.15) is 0 Å². The summed E-state index contributed by atoms with van der Waals surface area (Å²) in [6.07, 6.45) is 1.20. The first-order chi connectivity index (χ1) is 5.63. The van der Waals surface area contributed by atoms with Gasteiger partial charge in [0.15, 0.2) is 5.69 Å². The van der Waals surface area contributed by atoms with Crippen LogP contribution in [0.25, 0.3) is 0 Å². The molecule has 0 aromatic carbocycles. The Hall–Kier alpha value is -1.91. The van der Waals surface area contributed by atoms with Gasteiger partial charge in [0, 0.05) is 11.8 Å². The van der Waals surface area contributed by atoms with Gasteiger partial charge in [-0.3, -0.25) is 0 Å². The predicted molar refractivity (Wildman–Crippen MR) is 35.5 cm³/mol. The maximum Gasteiger partial charge on any atom is 0.355 e. The van der Waals surface area contributed by atoms with Crippen molar-refractivity contribution in [2.24, 2.45) is 0 Å². The van der Waals surface area contributed by atoms with Crippen LogP contribution >= 0.6 is 0 Å². The lowest BCUT2D eigenvalue weighted by atomic mass is 10.2. The highest BCUT2D eigenvalue weighted by molar-refractivity contribution is 5.99. The van der Waals surface area contributed by atoms with Crippen molar-refractivity contribution >= 4 is 11.9 Å². The number of hydrogen-bond donors (Lipinski definition) is 1. The largest absolute Gasteiger partial charge is 0.545 e. The Labute approximate surface area is 67.3 Å². The summed E-state index contributed by atoms with van der Waals surface area (Å²) < 4.78 is 0. The van der Waals surface area contributed by atoms with Crippen LogP contribution in [0.3, 0.4) is 0 Å². The SMILES string of the molecule is O=C([O-])c1cccnc1C(=O)O. The molecule has 0 aliphatic rings. The van der Waals surface area contributed by atoms with Crippen molar-refractivity contribution in [2.45, 2.75) is 0 Å². The number of aromatic carboxylic acids is 2. The van der Waals surface area contributed by atoms with E-state index < -0.39 is 23.2 Å². The first-order valence-electron chi connectivity index (χ1n) is 3.02. The van der Waals surface area contributed by atoms with Gasteiger partial charge in [0.05, 0.1) is 5.97 Å². The van der Waals surface area contributed by atoms with E-state index in [4.69, 9.17) is 5.11 Å². The van der Waals surface area contributed by atoms with Crippen LogP contribution in [0.4, 0.5) is 0 Å². The van der Waals surface area contributed by atoms with Gasteiger partial charge in [-0.1, -0.05) is 0 Å². The zero-order chi connectivity index (χ0) is 9.14. The predicted octanol–water partition coefficient (Wildman–Crippen LogP) is -0.857. The third-order valence-corrected chi connectivity index (χ3v) is 1.23. The van der Waals surface area contributed by atoms with Crippen LogP contribution in [0.15, 0.2) is 18.3 Å². The molecule has 1 aromatic heterocycles. The highest BCUT2D eigenvalue weighted by atomic mass is 16.4. The first-order valence-corrected chi connectivity index (χ1v) is 3.02. The van der Waals surface area contributed by atoms with E-state index in [0.29, 0.717) is 0 Å². The molecule has 1 aromatic rings. The van der Waals surface area contributed by atoms with Crippen LogP contribution in [0.1, 0.15) is 20.8 Å². The quantitative estimate of drug-likeness (QED) is 0.617. The summed E-state index contributed by atoms with van der Waals surface area (Å²) in [7, 11) is 0. The molecule has 1 rings (SSSR count). The van der Waals surface area contributed by atoms with Crippen LogP contribution in [-0.2, 0) is 0 Å². The standard InChI is InChI=1S/C7H5NO4/c9-6(10)4-2-1-3-8-5(4)7(11)12/h1-3H,(H,9,10)(H,11,12)/p-1. The Bertz CT molecular complexity index is 301. The van der Waals surface area contributed by atoms with Crippen LogP contribution in [0.5, 0.6) is 0 Å². The van der Waals surface area contributed by atoms with Gasteiger partial charge >= 0.3 is 5.97 Å². The molecule has 0 bridgehead atoms. The normalized spacial score (nSPS) is 9.33. The molecule has 12 heavy (non-hydrogen) atoms. The Morgan fingerprint density at radius 3 is 2.58 bits per heavy atom. The van der Waals surface area contributed by atoms with Crippen molar-refractivity contribution < 1.29 is 19.8 Å². The number of carbonyl (C=O) groups is 2. The van der Waals surface area contributed by atoms with E-state index >= 15 is 0 Å². The molecule has 5 heteroatoms. The molecule has 0 radical (unpaired) electrons. The van der Waals surface area contributed by atoms with Crippen molar-refractivity contribution in [3.63, 3.8) is 0 Å². The summed E-state index contributed by atoms with van der Waals surface area (Å²) in [4.78, 5) is 24.1. The van der Waals surface area contributed by atoms with E-state index in [1.807, 2.05) is 0 Å². The van der Waals surface area contributed by atoms with E-state index in [-0.39, 0.29) is 0 Å². The number of aromatic nitrogens is 1. The summed E-state index contributed by atoms with van der Waals surface area (Å²) in [5, 5.41) is 18.8. The summed E-state index contributed by atoms with van der Waals surface area (Å²) in [6, 6.07) is 2.46. The molecule has 0 aliphatic heterocycles. The lowest BCUT2D eigenvalue weighted by Gasteiger charge is -2.03. The van der Waals surface area contributed by atoms with Gasteiger partial charge in [0.25, 0.3) is 0 Å². The molecular weight excluding hydrogens is 162 g/mol. The molecule has 1 heterocycles. The fraction of sp³-hybridized carbons (Fsp3) is 0. The van der Waals surface area contributed by atoms with Gasteiger partial charge in [0.1, 0.15) is 0 Å². The van der Waals surface area contributed by atoms with Crippen molar-refractivity contribution in [1.82, 2.24) is 4.98 Å². The number of hydrogen-bond acceptors (Lipinski definition) is 4. The average molecular weight is 166 g/mol. The van der Waals surface area contributed by atoms with Crippen molar-refractivity contribution in [1.29, 1.82) is 0 Å². The summed E-state index contributed by atoms with van der Waals surface area (Å²) in [5.74, 6) is -2.92. The fourth-order valence-corrected chi connectivity index (χ4v) is 0.740. The molecular formula is C7H4NO4-. The highest BCUT2D eigenvalue weighted by Crippen LogP contribution is 2.03. The molecule has 0 fully saturated rings. The monoisotopic (exact) mass is 166 g/mol. The molecule has 62 valence electrons. The first kappa shape index (κ1) is 8.19. The molecule has 0 amide bonds. The maximum absolute atomic E-state index is 10.4. The van der Waals surface area contributed by atoms with Crippen LogP contribution in [0, 0.1) is 0 Å². The second-order valence-electron chi connectivity index (χ2n) is 1.99. The van der Waals surface area contributed by atoms with Gasteiger partial charge < -0.3 is 15.0 Å². The molecule has 0 unspecified atom stereocenters. The molecule has 0 saturated heterocycles. The minimum absolute atomic E-state index is 0.412. The zero-order valence-electron chi connectivity index (χ0n) is 5.85. The number of carboxylic acids is 2. The molecule has 5 nitrogen and oxygen atoms in total. The third-order valence-electron chi connectivity index (χ3n) is 1.23. The molecule has 0 atom stereocenters. The van der Waals surface area contributed by atoms with Crippen LogP contribution in [-0.4, -0.2) is 22.0 Å². The number of pyridine rings is 1. The van der Waals surface area contributed by atoms with Crippen LogP contribution in [0.2, 0.25) is 0 Å². The average Bonchev–Trinajstić information content (AvgIpc) is 2.04. The Morgan fingerprint density at radius 1 is 1.50 bits per heavy atom. The van der Waals surface area contributed by atoms with E-state index in [9.17, 15) is 14.7 Å². The second kappa shape index (κ2) is 3.00. The molecule has 0 aliphatic carbocycles. The molecule has 0 saturated carbocycles. The van der Waals surface area contributed by atoms with Gasteiger partial charge in [-0.05, 0) is 12.1 Å². The zero-order valence-corrected chi connectivity index (χ0v) is 5.85. The number of rotatable bonds is 2. The van der Waals surface area contributed by atoms with E-state index in [2.05, 4.69) is 4.98 Å². The van der Waals surface area contributed by atoms with Crippen molar-refractivity contribution in [2.75, 3.05) is 0 Å². The lowest BCUT2D eigenvalue weighted by molar-refractivity contribution is -0.255. The summed E-state index contributed by atoms with van der Waals surface area (Å²) in [5.41, 5.74) is -0.914. The topological polar surface area (TPSA) is 90.3 Å². The number of carbonyl (C=O) groups excluding carboxylic acids is 1. The Kier molecular flexibility index (Phi) is 2.05.